The van der Waals surface area contributed by atoms with Gasteiger partial charge in [0.1, 0.15) is 0 Å². The van der Waals surface area contributed by atoms with E-state index >= 15 is 0 Å². The summed E-state index contributed by atoms with van der Waals surface area (Å²) < 4.78 is 5.83. The molecule has 28 heavy (non-hydrogen) atoms. The van der Waals surface area contributed by atoms with Crippen LogP contribution in [0.3, 0.4) is 0 Å². The fourth-order valence-electron chi connectivity index (χ4n) is 2.64. The molecule has 0 fully saturated rings. The fourth-order valence-corrected chi connectivity index (χ4v) is 2.91. The standard InChI is InChI=1S/C22H18BrNO4/c23-18-8-5-16(6-9-18)20(25)14-28-22(27)12-11-21(26)24-19-10-7-15-3-1-2-4-17(15)13-19/h1-10,13H,11-12,14H2,(H,24,26). The summed E-state index contributed by atoms with van der Waals surface area (Å²) in [4.78, 5) is 35.8. The van der Waals surface area contributed by atoms with E-state index in [-0.39, 0.29) is 31.1 Å². The first-order valence-corrected chi connectivity index (χ1v) is 9.53. The van der Waals surface area contributed by atoms with Crippen LogP contribution in [0.15, 0.2) is 71.2 Å². The van der Waals surface area contributed by atoms with Crippen LogP contribution in [-0.2, 0) is 14.3 Å². The molecule has 5 nitrogen and oxygen atoms in total. The number of esters is 1. The third kappa shape index (κ3) is 5.50. The summed E-state index contributed by atoms with van der Waals surface area (Å²) >= 11 is 3.29. The molecule has 1 amide bonds. The predicted molar refractivity (Wildman–Crippen MR) is 111 cm³/mol. The van der Waals surface area contributed by atoms with Crippen molar-refractivity contribution < 1.29 is 19.1 Å². The summed E-state index contributed by atoms with van der Waals surface area (Å²) in [6, 6.07) is 20.2. The van der Waals surface area contributed by atoms with Crippen LogP contribution < -0.4 is 5.32 Å². The lowest BCUT2D eigenvalue weighted by Gasteiger charge is -2.07. The quantitative estimate of drug-likeness (QED) is 0.425. The Balaban J connectivity index is 1.43. The van der Waals surface area contributed by atoms with Gasteiger partial charge in [-0.2, -0.15) is 0 Å². The SMILES string of the molecule is O=C(CCC(=O)OCC(=O)c1ccc(Br)cc1)Nc1ccc2ccccc2c1. The van der Waals surface area contributed by atoms with Crippen molar-refractivity contribution in [2.75, 3.05) is 11.9 Å². The van der Waals surface area contributed by atoms with Gasteiger partial charge in [0.05, 0.1) is 6.42 Å². The average molecular weight is 440 g/mol. The Morgan fingerprint density at radius 3 is 2.32 bits per heavy atom. The molecule has 0 aliphatic heterocycles. The molecule has 0 radical (unpaired) electrons. The molecule has 3 aromatic rings. The van der Waals surface area contributed by atoms with Gasteiger partial charge in [0.15, 0.2) is 12.4 Å². The summed E-state index contributed by atoms with van der Waals surface area (Å²) in [7, 11) is 0. The van der Waals surface area contributed by atoms with Crippen molar-refractivity contribution in [1.29, 1.82) is 0 Å². The number of hydrogen-bond donors (Lipinski definition) is 1. The van der Waals surface area contributed by atoms with E-state index in [0.717, 1.165) is 15.2 Å². The molecule has 0 atom stereocenters. The summed E-state index contributed by atoms with van der Waals surface area (Å²) in [5, 5.41) is 4.87. The Kier molecular flexibility index (Phi) is 6.55. The van der Waals surface area contributed by atoms with Crippen molar-refractivity contribution in [3.05, 3.63) is 76.8 Å². The monoisotopic (exact) mass is 439 g/mol. The Hall–Kier alpha value is -2.99. The van der Waals surface area contributed by atoms with E-state index < -0.39 is 5.97 Å². The number of nitrogens with one attached hydrogen (secondary N) is 1. The predicted octanol–water partition coefficient (Wildman–Crippen LogP) is 4.75. The molecule has 0 spiro atoms. The number of ketones is 1. The second-order valence-corrected chi connectivity index (χ2v) is 7.12. The molecule has 1 N–H and O–H groups in total. The van der Waals surface area contributed by atoms with E-state index in [9.17, 15) is 14.4 Å². The molecule has 0 aliphatic carbocycles. The van der Waals surface area contributed by atoms with Gasteiger partial charge in [-0.05, 0) is 35.0 Å². The van der Waals surface area contributed by atoms with Gasteiger partial charge in [-0.15, -0.1) is 0 Å². The van der Waals surface area contributed by atoms with Gasteiger partial charge in [0.2, 0.25) is 5.91 Å². The maximum absolute atomic E-state index is 12.1. The third-order valence-electron chi connectivity index (χ3n) is 4.12. The Morgan fingerprint density at radius 1 is 0.857 bits per heavy atom. The number of halogens is 1. The molecule has 0 unspecified atom stereocenters. The minimum atomic E-state index is -0.584. The van der Waals surface area contributed by atoms with Crippen LogP contribution in [-0.4, -0.2) is 24.3 Å². The number of ether oxygens (including phenoxy) is 1. The molecule has 0 aromatic heterocycles. The largest absolute Gasteiger partial charge is 0.457 e. The molecule has 0 bridgehead atoms. The van der Waals surface area contributed by atoms with Crippen LogP contribution >= 0.6 is 15.9 Å². The lowest BCUT2D eigenvalue weighted by Crippen LogP contribution is -2.17. The first kappa shape index (κ1) is 19.8. The number of Topliss-reactive ketones (excluding diaryl/α,β-unsaturated/α-hetero) is 1. The minimum absolute atomic E-state index is 0.0157. The zero-order chi connectivity index (χ0) is 19.9. The summed E-state index contributed by atoms with van der Waals surface area (Å²) in [6.45, 7) is -0.341. The van der Waals surface area contributed by atoms with Crippen molar-refractivity contribution in [2.45, 2.75) is 12.8 Å². The first-order chi connectivity index (χ1) is 13.5. The summed E-state index contributed by atoms with van der Waals surface area (Å²) in [5.41, 5.74) is 1.13. The molecule has 6 heteroatoms. The van der Waals surface area contributed by atoms with Gasteiger partial charge < -0.3 is 10.1 Å². The van der Waals surface area contributed by atoms with E-state index in [2.05, 4.69) is 21.2 Å². The summed E-state index contributed by atoms with van der Waals surface area (Å²) in [6.07, 6.45) is -0.106. The Labute approximate surface area is 170 Å². The topological polar surface area (TPSA) is 72.5 Å². The van der Waals surface area contributed by atoms with E-state index in [1.807, 2.05) is 42.5 Å². The first-order valence-electron chi connectivity index (χ1n) is 8.74. The molecule has 3 aromatic carbocycles. The number of hydrogen-bond acceptors (Lipinski definition) is 4. The van der Waals surface area contributed by atoms with Gasteiger partial charge in [-0.1, -0.05) is 58.4 Å². The Bertz CT molecular complexity index is 1010. The number of fused-ring (bicyclic) bond motifs is 1. The van der Waals surface area contributed by atoms with Crippen molar-refractivity contribution in [3.8, 4) is 0 Å². The van der Waals surface area contributed by atoms with Gasteiger partial charge in [-0.3, -0.25) is 14.4 Å². The maximum Gasteiger partial charge on any atom is 0.306 e. The number of amides is 1. The zero-order valence-corrected chi connectivity index (χ0v) is 16.6. The highest BCUT2D eigenvalue weighted by Crippen LogP contribution is 2.19. The van der Waals surface area contributed by atoms with E-state index in [4.69, 9.17) is 4.74 Å². The van der Waals surface area contributed by atoms with Crippen LogP contribution in [0.2, 0.25) is 0 Å². The number of rotatable bonds is 7. The minimum Gasteiger partial charge on any atom is -0.457 e. The number of anilines is 1. The fraction of sp³-hybridized carbons (Fsp3) is 0.136. The molecule has 0 saturated carbocycles. The lowest BCUT2D eigenvalue weighted by atomic mass is 10.1. The third-order valence-corrected chi connectivity index (χ3v) is 4.65. The van der Waals surface area contributed by atoms with Gasteiger partial charge in [0.25, 0.3) is 0 Å². The molecule has 3 rings (SSSR count). The van der Waals surface area contributed by atoms with Gasteiger partial charge in [-0.25, -0.2) is 0 Å². The normalized spacial score (nSPS) is 10.5. The van der Waals surface area contributed by atoms with E-state index in [1.165, 1.54) is 0 Å². The van der Waals surface area contributed by atoms with Crippen LogP contribution in [0.4, 0.5) is 5.69 Å². The number of carbonyl (C=O) groups is 3. The maximum atomic E-state index is 12.1. The Morgan fingerprint density at radius 2 is 1.57 bits per heavy atom. The number of carbonyl (C=O) groups excluding carboxylic acids is 3. The van der Waals surface area contributed by atoms with Crippen LogP contribution in [0.25, 0.3) is 10.8 Å². The highest BCUT2D eigenvalue weighted by molar-refractivity contribution is 9.10. The van der Waals surface area contributed by atoms with Gasteiger partial charge >= 0.3 is 5.97 Å². The smallest absolute Gasteiger partial charge is 0.306 e. The van der Waals surface area contributed by atoms with E-state index in [0.29, 0.717) is 11.3 Å². The lowest BCUT2D eigenvalue weighted by molar-refractivity contribution is -0.143. The molecular formula is C22H18BrNO4. The second-order valence-electron chi connectivity index (χ2n) is 6.20. The second kappa shape index (κ2) is 9.28. The van der Waals surface area contributed by atoms with Crippen molar-refractivity contribution >= 4 is 50.0 Å². The van der Waals surface area contributed by atoms with Crippen molar-refractivity contribution in [2.24, 2.45) is 0 Å². The van der Waals surface area contributed by atoms with Crippen LogP contribution in [0.1, 0.15) is 23.2 Å². The molecule has 0 saturated heterocycles. The molecular weight excluding hydrogens is 422 g/mol. The zero-order valence-electron chi connectivity index (χ0n) is 15.0. The highest BCUT2D eigenvalue weighted by Gasteiger charge is 2.12. The van der Waals surface area contributed by atoms with Gasteiger partial charge in [0, 0.05) is 22.1 Å². The average Bonchev–Trinajstić information content (AvgIpc) is 2.71. The van der Waals surface area contributed by atoms with Crippen LogP contribution in [0.5, 0.6) is 0 Å². The highest BCUT2D eigenvalue weighted by atomic mass is 79.9. The van der Waals surface area contributed by atoms with Crippen molar-refractivity contribution in [1.82, 2.24) is 0 Å². The molecule has 0 heterocycles. The molecule has 142 valence electrons. The van der Waals surface area contributed by atoms with Crippen molar-refractivity contribution in [3.63, 3.8) is 0 Å². The summed E-state index contributed by atoms with van der Waals surface area (Å²) in [5.74, 6) is -1.16. The van der Waals surface area contributed by atoms with Crippen LogP contribution in [0, 0.1) is 0 Å². The molecule has 0 aliphatic rings. The van der Waals surface area contributed by atoms with E-state index in [1.54, 1.807) is 24.3 Å². The number of benzene rings is 3.